The van der Waals surface area contributed by atoms with E-state index in [1.807, 2.05) is 25.3 Å². The number of hydrogen-bond donors (Lipinski definition) is 1. The molecule has 1 aliphatic rings. The average Bonchev–Trinajstić information content (AvgIpc) is 3.15. The Morgan fingerprint density at radius 1 is 1.33 bits per heavy atom. The minimum atomic E-state index is -0.169. The molecule has 0 amide bonds. The van der Waals surface area contributed by atoms with E-state index in [-0.39, 0.29) is 5.54 Å². The summed E-state index contributed by atoms with van der Waals surface area (Å²) in [6.07, 6.45) is 6.27. The topological polar surface area (TPSA) is 73.1 Å². The summed E-state index contributed by atoms with van der Waals surface area (Å²) < 4.78 is 10.2. The highest BCUT2D eigenvalue weighted by Gasteiger charge is 2.39. The highest BCUT2D eigenvalue weighted by molar-refractivity contribution is 5.18. The molecule has 6 nitrogen and oxygen atoms in total. The summed E-state index contributed by atoms with van der Waals surface area (Å²) in [7, 11) is 1.62. The van der Waals surface area contributed by atoms with Gasteiger partial charge in [-0.05, 0) is 18.4 Å². The van der Waals surface area contributed by atoms with Gasteiger partial charge in [0.1, 0.15) is 0 Å². The Kier molecular flexibility index (Phi) is 3.88. The summed E-state index contributed by atoms with van der Waals surface area (Å²) in [4.78, 5) is 8.66. The van der Waals surface area contributed by atoms with Crippen LogP contribution in [0.25, 0.3) is 0 Å². The van der Waals surface area contributed by atoms with Crippen molar-refractivity contribution >= 4 is 0 Å². The summed E-state index contributed by atoms with van der Waals surface area (Å²) in [5.74, 6) is 2.02. The lowest BCUT2D eigenvalue weighted by atomic mass is 9.96. The van der Waals surface area contributed by atoms with Crippen molar-refractivity contribution in [2.75, 3.05) is 7.11 Å². The van der Waals surface area contributed by atoms with Gasteiger partial charge in [0, 0.05) is 25.7 Å². The highest BCUT2D eigenvalue weighted by Crippen LogP contribution is 2.37. The fourth-order valence-corrected chi connectivity index (χ4v) is 2.86. The van der Waals surface area contributed by atoms with Crippen LogP contribution < -0.4 is 10.1 Å². The van der Waals surface area contributed by atoms with Gasteiger partial charge >= 0.3 is 0 Å². The lowest BCUT2D eigenvalue weighted by Crippen LogP contribution is -2.40. The normalized spacial score (nSPS) is 17.0. The summed E-state index contributed by atoms with van der Waals surface area (Å²) >= 11 is 0. The number of ether oxygens (including phenoxy) is 1. The highest BCUT2D eigenvalue weighted by atomic mass is 16.5. The Morgan fingerprint density at radius 3 is 2.71 bits per heavy atom. The zero-order valence-corrected chi connectivity index (χ0v) is 12.4. The van der Waals surface area contributed by atoms with Crippen molar-refractivity contribution in [3.63, 3.8) is 0 Å². The molecule has 1 N–H and O–H groups in total. The zero-order chi connectivity index (χ0) is 14.7. The summed E-state index contributed by atoms with van der Waals surface area (Å²) in [6, 6.07) is 3.89. The lowest BCUT2D eigenvalue weighted by Gasteiger charge is -2.26. The lowest BCUT2D eigenvalue weighted by molar-refractivity contribution is 0.297. The number of nitrogens with one attached hydrogen (secondary N) is 1. The Labute approximate surface area is 123 Å². The van der Waals surface area contributed by atoms with E-state index in [9.17, 15) is 0 Å². The Morgan fingerprint density at radius 2 is 2.14 bits per heavy atom. The van der Waals surface area contributed by atoms with Crippen LogP contribution >= 0.6 is 0 Å². The fraction of sp³-hybridized carbons (Fsp3) is 0.533. The van der Waals surface area contributed by atoms with E-state index >= 15 is 0 Å². The van der Waals surface area contributed by atoms with Crippen molar-refractivity contribution in [2.45, 2.75) is 44.7 Å². The largest absolute Gasteiger partial charge is 0.481 e. The molecule has 0 saturated heterocycles. The molecule has 6 heteroatoms. The minimum absolute atomic E-state index is 0.169. The van der Waals surface area contributed by atoms with E-state index in [0.29, 0.717) is 11.8 Å². The molecule has 0 unspecified atom stereocenters. The van der Waals surface area contributed by atoms with Gasteiger partial charge in [-0.3, -0.25) is 0 Å². The Bertz CT molecular complexity index is 588. The van der Waals surface area contributed by atoms with Gasteiger partial charge in [0.15, 0.2) is 5.82 Å². The molecule has 1 aliphatic carbocycles. The van der Waals surface area contributed by atoms with Gasteiger partial charge in [-0.15, -0.1) is 0 Å². The van der Waals surface area contributed by atoms with E-state index in [2.05, 4.69) is 20.4 Å². The van der Waals surface area contributed by atoms with Crippen LogP contribution in [0.3, 0.4) is 0 Å². The molecule has 21 heavy (non-hydrogen) atoms. The van der Waals surface area contributed by atoms with Crippen LogP contribution in [0.1, 0.15) is 43.0 Å². The second kappa shape index (κ2) is 5.81. The van der Waals surface area contributed by atoms with Crippen molar-refractivity contribution in [1.29, 1.82) is 0 Å². The number of methoxy groups -OCH3 is 1. The number of nitrogens with zero attached hydrogens (tertiary/aromatic N) is 3. The molecule has 2 heterocycles. The maximum atomic E-state index is 5.15. The third kappa shape index (κ3) is 2.90. The molecule has 0 spiro atoms. The van der Waals surface area contributed by atoms with E-state index in [4.69, 9.17) is 9.26 Å². The van der Waals surface area contributed by atoms with Crippen LogP contribution in [0, 0.1) is 6.92 Å². The van der Waals surface area contributed by atoms with Gasteiger partial charge < -0.3 is 14.6 Å². The van der Waals surface area contributed by atoms with Gasteiger partial charge in [0.25, 0.3) is 0 Å². The first-order valence-corrected chi connectivity index (χ1v) is 7.27. The van der Waals surface area contributed by atoms with Crippen LogP contribution in [0.5, 0.6) is 5.88 Å². The van der Waals surface area contributed by atoms with Crippen molar-refractivity contribution in [3.8, 4) is 5.88 Å². The minimum Gasteiger partial charge on any atom is -0.481 e. The van der Waals surface area contributed by atoms with Crippen LogP contribution in [-0.2, 0) is 12.1 Å². The monoisotopic (exact) mass is 288 g/mol. The molecular weight excluding hydrogens is 268 g/mol. The summed E-state index contributed by atoms with van der Waals surface area (Å²) in [6.45, 7) is 2.55. The third-order valence-corrected chi connectivity index (χ3v) is 4.05. The second-order valence-electron chi connectivity index (χ2n) is 5.49. The number of aryl methyl sites for hydroxylation is 1. The van der Waals surface area contributed by atoms with Crippen molar-refractivity contribution < 1.29 is 9.26 Å². The average molecular weight is 288 g/mol. The number of pyridine rings is 1. The fourth-order valence-electron chi connectivity index (χ4n) is 2.86. The maximum absolute atomic E-state index is 5.15. The predicted molar refractivity (Wildman–Crippen MR) is 76.8 cm³/mol. The maximum Gasteiger partial charge on any atom is 0.223 e. The molecule has 112 valence electrons. The second-order valence-corrected chi connectivity index (χ2v) is 5.49. The smallest absolute Gasteiger partial charge is 0.223 e. The SMILES string of the molecule is COc1ccc(CNC2(c3noc(C)n3)CCCC2)cn1. The first-order chi connectivity index (χ1) is 10.2. The Hall–Kier alpha value is -1.95. The van der Waals surface area contributed by atoms with Crippen LogP contribution in [-0.4, -0.2) is 22.2 Å². The number of rotatable bonds is 5. The zero-order valence-electron chi connectivity index (χ0n) is 12.4. The number of hydrogen-bond acceptors (Lipinski definition) is 6. The van der Waals surface area contributed by atoms with Gasteiger partial charge in [0.05, 0.1) is 12.6 Å². The first kappa shape index (κ1) is 14.0. The molecule has 0 bridgehead atoms. The van der Waals surface area contributed by atoms with E-state index in [1.54, 1.807) is 7.11 Å². The molecule has 0 aliphatic heterocycles. The number of aromatic nitrogens is 3. The molecule has 1 fully saturated rings. The van der Waals surface area contributed by atoms with Gasteiger partial charge in [0.2, 0.25) is 11.8 Å². The third-order valence-electron chi connectivity index (χ3n) is 4.05. The summed E-state index contributed by atoms with van der Waals surface area (Å²) in [5.41, 5.74) is 0.944. The quantitative estimate of drug-likeness (QED) is 0.910. The molecule has 2 aromatic heterocycles. The van der Waals surface area contributed by atoms with Gasteiger partial charge in [-0.25, -0.2) is 4.98 Å². The van der Waals surface area contributed by atoms with Crippen molar-refractivity contribution in [3.05, 3.63) is 35.6 Å². The van der Waals surface area contributed by atoms with Crippen molar-refractivity contribution in [2.24, 2.45) is 0 Å². The van der Waals surface area contributed by atoms with E-state index < -0.39 is 0 Å². The Balaban J connectivity index is 1.73. The molecule has 1 saturated carbocycles. The van der Waals surface area contributed by atoms with Crippen LogP contribution in [0.2, 0.25) is 0 Å². The molecular formula is C15H20N4O2. The summed E-state index contributed by atoms with van der Waals surface area (Å²) in [5, 5.41) is 7.74. The first-order valence-electron chi connectivity index (χ1n) is 7.27. The van der Waals surface area contributed by atoms with Crippen LogP contribution in [0.4, 0.5) is 0 Å². The predicted octanol–water partition coefficient (Wildman–Crippen LogP) is 2.34. The standard InChI is InChI=1S/C15H20N4O2/c1-11-18-14(19-21-11)15(7-3-4-8-15)17-10-12-5-6-13(20-2)16-9-12/h5-6,9,17H,3-4,7-8,10H2,1-2H3. The van der Waals surface area contributed by atoms with Crippen molar-refractivity contribution in [1.82, 2.24) is 20.4 Å². The van der Waals surface area contributed by atoms with Gasteiger partial charge in [-0.2, -0.15) is 4.98 Å². The van der Waals surface area contributed by atoms with Crippen LogP contribution in [0.15, 0.2) is 22.9 Å². The van der Waals surface area contributed by atoms with E-state index in [1.165, 1.54) is 12.8 Å². The molecule has 0 atom stereocenters. The molecule has 0 aromatic carbocycles. The van der Waals surface area contributed by atoms with Gasteiger partial charge in [-0.1, -0.05) is 24.1 Å². The molecule has 3 rings (SSSR count). The van der Waals surface area contributed by atoms with E-state index in [0.717, 1.165) is 30.8 Å². The molecule has 0 radical (unpaired) electrons. The molecule has 2 aromatic rings.